The fourth-order valence-corrected chi connectivity index (χ4v) is 14.1. The molecule has 0 bridgehead atoms. The molecule has 3 saturated carbocycles. The average Bonchev–Trinajstić information content (AvgIpc) is 3.79. The van der Waals surface area contributed by atoms with Crippen LogP contribution in [-0.4, -0.2) is 87.3 Å². The van der Waals surface area contributed by atoms with E-state index in [4.69, 9.17) is 23.7 Å². The standard InChI is InChI=1S/C58H79NO9.C6H15N/c1-39(2)12-11-13-40(3)50-26-27-51-49-25-20-44-38-48(30-34-56(44,4)52(49)31-35-57(50,51)5)68-55(63)59-36-32-47(67-54(62)29-28-53(60)61)33-37-66-58(41-14-9-8-10-15-41,42-16-21-45(64-6)22-17-42)43-18-23-46(65-7)24-19-43;1-4-7(5-2)6-3/h8-10,14-24,39-40,47-52H,11-13,25-38H2,1-7H3,(H,59,63)(H,60,61);4-6H2,1-3H3/t40-,47?,48+,49+,50-,51+,52+,56+,57-;/m1./s1. The molecule has 0 radical (unpaired) electrons. The maximum absolute atomic E-state index is 13.4. The SMILES string of the molecule is CCN(CC)CC.COc1ccc(C(OCCC(CCNC(=O)O[C@H]2CC[C@@]3(C)C(=CC[C@H]4[C@@H]5CC[C@H]([C@H](C)CCCC(C)C)[C@@]5(C)CC[C@@H]43)C2)OC(=O)CCC(=O)O)(c2ccccc2)c2ccc(OC)cc2)cc1. The number of ether oxygens (including phenoxy) is 5. The second-order valence-corrected chi connectivity index (χ2v) is 23.0. The van der Waals surface area contributed by atoms with Crippen LogP contribution in [0.4, 0.5) is 4.79 Å². The normalized spacial score (nSPS) is 24.8. The third-order valence-corrected chi connectivity index (χ3v) is 18.4. The quantitative estimate of drug-likeness (QED) is 0.0480. The first-order valence-electron chi connectivity index (χ1n) is 28.8. The van der Waals surface area contributed by atoms with Crippen LogP contribution in [0, 0.1) is 46.3 Å². The summed E-state index contributed by atoms with van der Waals surface area (Å²) in [6.07, 6.45) is 14.4. The highest BCUT2D eigenvalue weighted by Crippen LogP contribution is 2.67. The summed E-state index contributed by atoms with van der Waals surface area (Å²) in [5.74, 6) is 4.36. The molecule has 3 fully saturated rings. The lowest BCUT2D eigenvalue weighted by Gasteiger charge is -2.58. The molecule has 4 aliphatic rings. The van der Waals surface area contributed by atoms with Crippen molar-refractivity contribution in [3.05, 3.63) is 107 Å². The highest BCUT2D eigenvalue weighted by Gasteiger charge is 2.59. The number of hydrogen-bond acceptors (Lipinski definition) is 9. The van der Waals surface area contributed by atoms with Crippen LogP contribution in [0.15, 0.2) is 90.5 Å². The lowest BCUT2D eigenvalue weighted by atomic mass is 9.47. The fourth-order valence-electron chi connectivity index (χ4n) is 14.1. The van der Waals surface area contributed by atoms with Gasteiger partial charge in [0.05, 0.1) is 33.7 Å². The molecule has 11 nitrogen and oxygen atoms in total. The Balaban J connectivity index is 0.00000122. The van der Waals surface area contributed by atoms with Gasteiger partial charge in [-0.2, -0.15) is 0 Å². The Morgan fingerprint density at radius 2 is 1.37 bits per heavy atom. The second-order valence-electron chi connectivity index (χ2n) is 23.0. The van der Waals surface area contributed by atoms with Gasteiger partial charge in [-0.15, -0.1) is 0 Å². The summed E-state index contributed by atoms with van der Waals surface area (Å²) >= 11 is 0. The highest BCUT2D eigenvalue weighted by molar-refractivity contribution is 5.76. The van der Waals surface area contributed by atoms with E-state index >= 15 is 0 Å². The molecule has 0 aromatic heterocycles. The summed E-state index contributed by atoms with van der Waals surface area (Å²) in [4.78, 5) is 40.1. The molecule has 0 aliphatic heterocycles. The molecule has 1 amide bonds. The van der Waals surface area contributed by atoms with Crippen molar-refractivity contribution in [1.82, 2.24) is 10.2 Å². The average molecular weight is 1040 g/mol. The van der Waals surface area contributed by atoms with Crippen molar-refractivity contribution >= 4 is 18.0 Å². The molecule has 7 rings (SSSR count). The molecule has 9 atom stereocenters. The largest absolute Gasteiger partial charge is 0.497 e. The summed E-state index contributed by atoms with van der Waals surface area (Å²) in [5.41, 5.74) is 3.62. The van der Waals surface area contributed by atoms with E-state index in [2.05, 4.69) is 71.7 Å². The number of aliphatic carboxylic acids is 1. The number of fused-ring (bicyclic) bond motifs is 5. The van der Waals surface area contributed by atoms with Crippen LogP contribution < -0.4 is 14.8 Å². The maximum Gasteiger partial charge on any atom is 0.407 e. The fraction of sp³-hybridized carbons (Fsp3) is 0.641. The van der Waals surface area contributed by atoms with Crippen molar-refractivity contribution in [1.29, 1.82) is 0 Å². The smallest absolute Gasteiger partial charge is 0.407 e. The Labute approximate surface area is 451 Å². The summed E-state index contributed by atoms with van der Waals surface area (Å²) in [6.45, 7) is 22.9. The van der Waals surface area contributed by atoms with Gasteiger partial charge in [0.25, 0.3) is 0 Å². The number of carboxylic acids is 1. The molecular formula is C64H94N2O9. The van der Waals surface area contributed by atoms with Gasteiger partial charge in [-0.25, -0.2) is 4.79 Å². The lowest BCUT2D eigenvalue weighted by Crippen LogP contribution is -2.51. The number of hydrogen-bond donors (Lipinski definition) is 2. The summed E-state index contributed by atoms with van der Waals surface area (Å²) < 4.78 is 30.0. The van der Waals surface area contributed by atoms with Crippen molar-refractivity contribution < 1.29 is 43.2 Å². The molecule has 11 heteroatoms. The van der Waals surface area contributed by atoms with Gasteiger partial charge in [-0.1, -0.05) is 141 Å². The predicted octanol–water partition coefficient (Wildman–Crippen LogP) is 14.1. The number of alkyl carbamates (subject to hydrolysis) is 1. The van der Waals surface area contributed by atoms with Crippen molar-refractivity contribution in [3.63, 3.8) is 0 Å². The van der Waals surface area contributed by atoms with Crippen LogP contribution in [-0.2, 0) is 29.4 Å². The Hall–Kier alpha value is -4.87. The highest BCUT2D eigenvalue weighted by atomic mass is 16.6. The number of esters is 1. The van der Waals surface area contributed by atoms with E-state index in [1.165, 1.54) is 70.2 Å². The number of carbonyl (C=O) groups excluding carboxylic acids is 2. The van der Waals surface area contributed by atoms with E-state index in [0.717, 1.165) is 72.0 Å². The van der Waals surface area contributed by atoms with E-state index in [1.54, 1.807) is 14.2 Å². The van der Waals surface area contributed by atoms with Crippen molar-refractivity contribution in [3.8, 4) is 11.5 Å². The number of allylic oxidation sites excluding steroid dienone is 1. The van der Waals surface area contributed by atoms with Crippen molar-refractivity contribution in [2.24, 2.45) is 46.3 Å². The van der Waals surface area contributed by atoms with Crippen LogP contribution in [0.5, 0.6) is 11.5 Å². The first kappa shape index (κ1) is 59.4. The van der Waals surface area contributed by atoms with Gasteiger partial charge in [-0.3, -0.25) is 9.59 Å². The monoisotopic (exact) mass is 1030 g/mol. The minimum Gasteiger partial charge on any atom is -0.497 e. The molecule has 0 saturated heterocycles. The Morgan fingerprint density at radius 3 is 1.95 bits per heavy atom. The maximum atomic E-state index is 13.4. The molecule has 0 heterocycles. The Morgan fingerprint density at radius 1 is 0.747 bits per heavy atom. The van der Waals surface area contributed by atoms with Gasteiger partial charge >= 0.3 is 18.0 Å². The summed E-state index contributed by atoms with van der Waals surface area (Å²) in [7, 11) is 3.26. The molecule has 4 aliphatic carbocycles. The minimum absolute atomic E-state index is 0.153. The third kappa shape index (κ3) is 14.8. The van der Waals surface area contributed by atoms with Gasteiger partial charge in [0, 0.05) is 25.8 Å². The lowest BCUT2D eigenvalue weighted by molar-refractivity contribution is -0.153. The Kier molecular flexibility index (Phi) is 22.1. The molecule has 75 heavy (non-hydrogen) atoms. The van der Waals surface area contributed by atoms with Gasteiger partial charge in [0.1, 0.15) is 29.3 Å². The van der Waals surface area contributed by atoms with Crippen molar-refractivity contribution in [2.75, 3.05) is 47.0 Å². The number of nitrogens with one attached hydrogen (secondary N) is 1. The third-order valence-electron chi connectivity index (χ3n) is 18.4. The summed E-state index contributed by atoms with van der Waals surface area (Å²) in [5, 5.41) is 12.2. The number of benzene rings is 3. The number of carbonyl (C=O) groups is 3. The Bertz CT molecular complexity index is 2210. The first-order chi connectivity index (χ1) is 36.0. The number of nitrogens with zero attached hydrogens (tertiary/aromatic N) is 1. The zero-order chi connectivity index (χ0) is 54.2. The number of rotatable bonds is 25. The second kappa shape index (κ2) is 28.0. The van der Waals surface area contributed by atoms with Crippen LogP contribution in [0.3, 0.4) is 0 Å². The van der Waals surface area contributed by atoms with Gasteiger partial charge in [0.2, 0.25) is 0 Å². The molecule has 414 valence electrons. The molecule has 2 N–H and O–H groups in total. The zero-order valence-corrected chi connectivity index (χ0v) is 47.5. The van der Waals surface area contributed by atoms with Gasteiger partial charge in [-0.05, 0) is 152 Å². The van der Waals surface area contributed by atoms with Gasteiger partial charge in [0.15, 0.2) is 0 Å². The van der Waals surface area contributed by atoms with Crippen LogP contribution >= 0.6 is 0 Å². The molecular weight excluding hydrogens is 941 g/mol. The molecule has 1 unspecified atom stereocenters. The molecule has 3 aromatic carbocycles. The zero-order valence-electron chi connectivity index (χ0n) is 47.5. The van der Waals surface area contributed by atoms with E-state index in [9.17, 15) is 19.5 Å². The van der Waals surface area contributed by atoms with Crippen LogP contribution in [0.25, 0.3) is 0 Å². The van der Waals surface area contributed by atoms with E-state index in [-0.39, 0.29) is 50.4 Å². The van der Waals surface area contributed by atoms with Crippen LogP contribution in [0.2, 0.25) is 0 Å². The van der Waals surface area contributed by atoms with Gasteiger partial charge < -0.3 is 39.0 Å². The van der Waals surface area contributed by atoms with E-state index in [1.807, 2.05) is 78.9 Å². The molecule has 0 spiro atoms. The summed E-state index contributed by atoms with van der Waals surface area (Å²) in [6, 6.07) is 25.5. The molecule has 3 aromatic rings. The minimum atomic E-state index is -1.08. The topological polar surface area (TPSA) is 133 Å². The van der Waals surface area contributed by atoms with E-state index < -0.39 is 29.7 Å². The van der Waals surface area contributed by atoms with Crippen molar-refractivity contribution in [2.45, 2.75) is 170 Å². The van der Waals surface area contributed by atoms with E-state index in [0.29, 0.717) is 22.8 Å². The number of methoxy groups -OCH3 is 2. The number of carboxylic acid groups (broad SMARTS) is 1. The van der Waals surface area contributed by atoms with Crippen LogP contribution in [0.1, 0.15) is 168 Å². The first-order valence-corrected chi connectivity index (χ1v) is 28.8. The predicted molar refractivity (Wildman–Crippen MR) is 299 cm³/mol. The number of amides is 1.